The van der Waals surface area contributed by atoms with E-state index in [4.69, 9.17) is 4.74 Å². The number of methoxy groups -OCH3 is 1. The lowest BCUT2D eigenvalue weighted by atomic mass is 9.96. The van der Waals surface area contributed by atoms with Crippen molar-refractivity contribution in [3.05, 3.63) is 64.7 Å². The molecule has 0 heterocycles. The zero-order valence-corrected chi connectivity index (χ0v) is 11.7. The standard InChI is InChI=1S/C16H17F2NO/c1-10-9-11(7-8-13(10)17)16(19-2)12-5-4-6-14(20-3)15(12)18/h4-9,16,19H,1-3H3. The number of hydrogen-bond acceptors (Lipinski definition) is 2. The molecule has 1 atom stereocenters. The molecule has 2 aromatic rings. The third kappa shape index (κ3) is 2.65. The molecule has 0 aliphatic heterocycles. The molecule has 20 heavy (non-hydrogen) atoms. The summed E-state index contributed by atoms with van der Waals surface area (Å²) in [5.74, 6) is -0.479. The van der Waals surface area contributed by atoms with E-state index in [1.807, 2.05) is 0 Å². The maximum Gasteiger partial charge on any atom is 0.170 e. The second-order valence-corrected chi connectivity index (χ2v) is 4.59. The monoisotopic (exact) mass is 277 g/mol. The molecule has 106 valence electrons. The Morgan fingerprint density at radius 1 is 1.15 bits per heavy atom. The van der Waals surface area contributed by atoms with Gasteiger partial charge in [-0.25, -0.2) is 8.78 Å². The van der Waals surface area contributed by atoms with Crippen LogP contribution >= 0.6 is 0 Å². The van der Waals surface area contributed by atoms with Crippen molar-refractivity contribution in [3.8, 4) is 5.75 Å². The fourth-order valence-electron chi connectivity index (χ4n) is 2.26. The first-order chi connectivity index (χ1) is 9.58. The first kappa shape index (κ1) is 14.5. The second-order valence-electron chi connectivity index (χ2n) is 4.59. The van der Waals surface area contributed by atoms with Crippen molar-refractivity contribution < 1.29 is 13.5 Å². The molecule has 0 fully saturated rings. The van der Waals surface area contributed by atoms with Gasteiger partial charge in [0, 0.05) is 5.56 Å². The smallest absolute Gasteiger partial charge is 0.170 e. The zero-order chi connectivity index (χ0) is 14.7. The van der Waals surface area contributed by atoms with Crippen LogP contribution in [0.1, 0.15) is 22.7 Å². The van der Waals surface area contributed by atoms with Gasteiger partial charge in [-0.05, 0) is 37.2 Å². The van der Waals surface area contributed by atoms with E-state index in [1.54, 1.807) is 44.3 Å². The second kappa shape index (κ2) is 6.01. The van der Waals surface area contributed by atoms with Gasteiger partial charge in [-0.15, -0.1) is 0 Å². The average molecular weight is 277 g/mol. The number of aryl methyl sites for hydroxylation is 1. The van der Waals surface area contributed by atoms with Gasteiger partial charge in [0.05, 0.1) is 13.2 Å². The molecule has 0 aliphatic carbocycles. The van der Waals surface area contributed by atoms with Gasteiger partial charge in [0.2, 0.25) is 0 Å². The molecule has 2 rings (SSSR count). The third-order valence-corrected chi connectivity index (χ3v) is 3.33. The van der Waals surface area contributed by atoms with E-state index in [0.717, 1.165) is 5.56 Å². The van der Waals surface area contributed by atoms with Gasteiger partial charge < -0.3 is 10.1 Å². The van der Waals surface area contributed by atoms with Gasteiger partial charge >= 0.3 is 0 Å². The lowest BCUT2D eigenvalue weighted by molar-refractivity contribution is 0.382. The van der Waals surface area contributed by atoms with Crippen LogP contribution in [0.15, 0.2) is 36.4 Å². The molecule has 0 spiro atoms. The summed E-state index contributed by atoms with van der Waals surface area (Å²) in [4.78, 5) is 0. The SMILES string of the molecule is CNC(c1ccc(F)c(C)c1)c1cccc(OC)c1F. The molecule has 2 aromatic carbocycles. The molecule has 0 bridgehead atoms. The number of benzene rings is 2. The van der Waals surface area contributed by atoms with Crippen LogP contribution in [-0.2, 0) is 0 Å². The highest BCUT2D eigenvalue weighted by Gasteiger charge is 2.19. The molecule has 1 unspecified atom stereocenters. The van der Waals surface area contributed by atoms with Crippen LogP contribution in [0.25, 0.3) is 0 Å². The molecule has 0 amide bonds. The van der Waals surface area contributed by atoms with Crippen LogP contribution in [0.3, 0.4) is 0 Å². The van der Waals surface area contributed by atoms with Gasteiger partial charge in [0.1, 0.15) is 5.82 Å². The van der Waals surface area contributed by atoms with Gasteiger partial charge in [-0.1, -0.05) is 24.3 Å². The van der Waals surface area contributed by atoms with Gasteiger partial charge in [0.25, 0.3) is 0 Å². The highest BCUT2D eigenvalue weighted by Crippen LogP contribution is 2.29. The van der Waals surface area contributed by atoms with Gasteiger partial charge in [-0.3, -0.25) is 0 Å². The first-order valence-corrected chi connectivity index (χ1v) is 6.34. The van der Waals surface area contributed by atoms with E-state index >= 15 is 0 Å². The van der Waals surface area contributed by atoms with Crippen LogP contribution in [0.2, 0.25) is 0 Å². The largest absolute Gasteiger partial charge is 0.494 e. The van der Waals surface area contributed by atoms with Crippen molar-refractivity contribution in [2.24, 2.45) is 0 Å². The van der Waals surface area contributed by atoms with Crippen molar-refractivity contribution in [2.45, 2.75) is 13.0 Å². The van der Waals surface area contributed by atoms with Crippen molar-refractivity contribution in [1.82, 2.24) is 5.32 Å². The Bertz CT molecular complexity index is 613. The van der Waals surface area contributed by atoms with E-state index in [9.17, 15) is 8.78 Å². The highest BCUT2D eigenvalue weighted by atomic mass is 19.1. The quantitative estimate of drug-likeness (QED) is 0.922. The Hall–Kier alpha value is -1.94. The molecule has 2 nitrogen and oxygen atoms in total. The summed E-state index contributed by atoms with van der Waals surface area (Å²) in [6.45, 7) is 1.69. The van der Waals surface area contributed by atoms with Crippen molar-refractivity contribution in [2.75, 3.05) is 14.2 Å². The summed E-state index contributed by atoms with van der Waals surface area (Å²) in [7, 11) is 3.17. The van der Waals surface area contributed by atoms with E-state index in [2.05, 4.69) is 5.32 Å². The van der Waals surface area contributed by atoms with Crippen LogP contribution < -0.4 is 10.1 Å². The summed E-state index contributed by atoms with van der Waals surface area (Å²) in [5, 5.41) is 3.06. The Morgan fingerprint density at radius 2 is 1.90 bits per heavy atom. The Kier molecular flexibility index (Phi) is 4.35. The molecular formula is C16H17F2NO. The summed E-state index contributed by atoms with van der Waals surface area (Å²) in [5.41, 5.74) is 1.81. The number of halogens is 2. The first-order valence-electron chi connectivity index (χ1n) is 6.34. The Balaban J connectivity index is 2.49. The summed E-state index contributed by atoms with van der Waals surface area (Å²) in [6.07, 6.45) is 0. The van der Waals surface area contributed by atoms with Crippen LogP contribution in [0, 0.1) is 18.6 Å². The zero-order valence-electron chi connectivity index (χ0n) is 11.7. The number of ether oxygens (including phenoxy) is 1. The van der Waals surface area contributed by atoms with E-state index in [-0.39, 0.29) is 17.6 Å². The Morgan fingerprint density at radius 3 is 2.50 bits per heavy atom. The summed E-state index contributed by atoms with van der Waals surface area (Å²) >= 11 is 0. The molecule has 0 aliphatic rings. The van der Waals surface area contributed by atoms with Crippen LogP contribution in [0.5, 0.6) is 5.75 Å². The molecule has 4 heteroatoms. The van der Waals surface area contributed by atoms with Crippen molar-refractivity contribution in [1.29, 1.82) is 0 Å². The topological polar surface area (TPSA) is 21.3 Å². The average Bonchev–Trinajstić information content (AvgIpc) is 2.45. The predicted octanol–water partition coefficient (Wildman–Crippen LogP) is 3.59. The van der Waals surface area contributed by atoms with E-state index in [1.165, 1.54) is 13.2 Å². The van der Waals surface area contributed by atoms with Crippen LogP contribution in [0.4, 0.5) is 8.78 Å². The Labute approximate surface area is 117 Å². The maximum atomic E-state index is 14.3. The normalized spacial score (nSPS) is 12.2. The van der Waals surface area contributed by atoms with E-state index in [0.29, 0.717) is 11.1 Å². The number of nitrogens with one attached hydrogen (secondary N) is 1. The lowest BCUT2D eigenvalue weighted by Crippen LogP contribution is -2.19. The summed E-state index contributed by atoms with van der Waals surface area (Å²) in [6, 6.07) is 9.41. The minimum Gasteiger partial charge on any atom is -0.494 e. The lowest BCUT2D eigenvalue weighted by Gasteiger charge is -2.19. The molecular weight excluding hydrogens is 260 g/mol. The fourth-order valence-corrected chi connectivity index (χ4v) is 2.26. The minimum atomic E-state index is -0.406. The minimum absolute atomic E-state index is 0.196. The van der Waals surface area contributed by atoms with Gasteiger partial charge in [-0.2, -0.15) is 0 Å². The number of rotatable bonds is 4. The fraction of sp³-hybridized carbons (Fsp3) is 0.250. The van der Waals surface area contributed by atoms with Gasteiger partial charge in [0.15, 0.2) is 11.6 Å². The van der Waals surface area contributed by atoms with E-state index < -0.39 is 5.82 Å². The molecule has 0 saturated heterocycles. The molecule has 0 aromatic heterocycles. The molecule has 0 saturated carbocycles. The molecule has 0 radical (unpaired) electrons. The third-order valence-electron chi connectivity index (χ3n) is 3.33. The van der Waals surface area contributed by atoms with Crippen molar-refractivity contribution in [3.63, 3.8) is 0 Å². The van der Waals surface area contributed by atoms with Crippen molar-refractivity contribution >= 4 is 0 Å². The molecule has 1 N–H and O–H groups in total. The highest BCUT2D eigenvalue weighted by molar-refractivity contribution is 5.39. The predicted molar refractivity (Wildman–Crippen MR) is 75.0 cm³/mol. The van der Waals surface area contributed by atoms with Crippen LogP contribution in [-0.4, -0.2) is 14.2 Å². The number of hydrogen-bond donors (Lipinski definition) is 1. The summed E-state index contributed by atoms with van der Waals surface area (Å²) < 4.78 is 32.7. The maximum absolute atomic E-state index is 14.3.